The quantitative estimate of drug-likeness (QED) is 0.603. The van der Waals surface area contributed by atoms with Crippen LogP contribution in [0, 0.1) is 6.92 Å². The van der Waals surface area contributed by atoms with Crippen molar-refractivity contribution < 1.29 is 0 Å². The predicted molar refractivity (Wildman–Crippen MR) is 48.3 cm³/mol. The molecule has 0 unspecified atom stereocenters. The fraction of sp³-hybridized carbons (Fsp3) is 0.250. The number of hydrogen-bond acceptors (Lipinski definition) is 0. The van der Waals surface area contributed by atoms with Crippen molar-refractivity contribution in [2.45, 2.75) is 13.2 Å². The number of halogens is 1. The van der Waals surface area contributed by atoms with Crippen LogP contribution in [0.5, 0.6) is 0 Å². The molecule has 10 heavy (non-hydrogen) atoms. The zero-order valence-corrected chi connectivity index (χ0v) is 7.48. The molecule has 0 aromatic heterocycles. The number of rotatable bonds is 1. The summed E-state index contributed by atoms with van der Waals surface area (Å²) >= 11 is 3.38. The molecule has 1 rings (SSSR count). The molecule has 0 fully saturated rings. The molecule has 0 atom stereocenters. The van der Waals surface area contributed by atoms with Gasteiger partial charge in [-0.2, -0.15) is 0 Å². The van der Waals surface area contributed by atoms with E-state index in [1.807, 2.05) is 12.1 Å². The lowest BCUT2D eigenvalue weighted by Gasteiger charge is -2.01. The lowest BCUT2D eigenvalue weighted by atomic mass is 9.94. The third-order valence-electron chi connectivity index (χ3n) is 1.52. The zero-order valence-electron chi connectivity index (χ0n) is 5.89. The van der Waals surface area contributed by atoms with E-state index >= 15 is 0 Å². The Bertz CT molecular complexity index is 233. The minimum absolute atomic E-state index is 0.624. The molecule has 1 aromatic rings. The van der Waals surface area contributed by atoms with E-state index in [1.54, 1.807) is 0 Å². The molecule has 0 spiro atoms. The molecule has 2 radical (unpaired) electrons. The van der Waals surface area contributed by atoms with Crippen LogP contribution in [0.1, 0.15) is 11.1 Å². The summed E-state index contributed by atoms with van der Waals surface area (Å²) in [4.78, 5) is 0. The largest absolute Gasteiger partial charge is 0.0716 e. The molecular weight excluding hydrogens is 187 g/mol. The van der Waals surface area contributed by atoms with Crippen molar-refractivity contribution in [1.82, 2.24) is 0 Å². The first-order chi connectivity index (χ1) is 4.74. The normalized spacial score (nSPS) is 9.80. The molecule has 0 aliphatic carbocycles. The van der Waals surface area contributed by atoms with Gasteiger partial charge in [0.1, 0.15) is 0 Å². The monoisotopic (exact) mass is 194 g/mol. The fourth-order valence-corrected chi connectivity index (χ4v) is 1.36. The topological polar surface area (TPSA) is 0 Å². The first-order valence-corrected chi connectivity index (χ1v) is 3.98. The van der Waals surface area contributed by atoms with Crippen molar-refractivity contribution in [2.75, 3.05) is 0 Å². The van der Waals surface area contributed by atoms with Crippen LogP contribution >= 0.6 is 15.9 Å². The van der Waals surface area contributed by atoms with Gasteiger partial charge in [0.15, 0.2) is 0 Å². The highest BCUT2D eigenvalue weighted by molar-refractivity contribution is 9.10. The van der Waals surface area contributed by atoms with Crippen LogP contribution in [-0.2, 0) is 6.32 Å². The zero-order chi connectivity index (χ0) is 7.56. The highest BCUT2D eigenvalue weighted by Crippen LogP contribution is 2.15. The number of aryl methyl sites for hydroxylation is 1. The van der Waals surface area contributed by atoms with E-state index in [1.165, 1.54) is 11.1 Å². The first kappa shape index (κ1) is 7.87. The van der Waals surface area contributed by atoms with E-state index in [-0.39, 0.29) is 0 Å². The summed E-state index contributed by atoms with van der Waals surface area (Å²) in [6.45, 7) is 2.06. The fourth-order valence-electron chi connectivity index (χ4n) is 0.888. The summed E-state index contributed by atoms with van der Waals surface area (Å²) in [6, 6.07) is 6.12. The Morgan fingerprint density at radius 1 is 1.50 bits per heavy atom. The Kier molecular flexibility index (Phi) is 2.55. The van der Waals surface area contributed by atoms with Gasteiger partial charge >= 0.3 is 0 Å². The van der Waals surface area contributed by atoms with E-state index in [4.69, 9.17) is 7.85 Å². The molecule has 0 N–H and O–H groups in total. The summed E-state index contributed by atoms with van der Waals surface area (Å²) in [5, 5.41) is 0. The molecule has 0 bridgehead atoms. The van der Waals surface area contributed by atoms with Gasteiger partial charge in [-0.05, 0) is 24.6 Å². The Morgan fingerprint density at radius 2 is 2.20 bits per heavy atom. The minimum atomic E-state index is 0.624. The van der Waals surface area contributed by atoms with Crippen LogP contribution in [-0.4, -0.2) is 7.85 Å². The van der Waals surface area contributed by atoms with Gasteiger partial charge in [-0.1, -0.05) is 33.9 Å². The molecule has 0 saturated carbocycles. The molecule has 0 nitrogen and oxygen atoms in total. The first-order valence-electron chi connectivity index (χ1n) is 3.19. The van der Waals surface area contributed by atoms with Gasteiger partial charge in [0.05, 0.1) is 7.85 Å². The van der Waals surface area contributed by atoms with Gasteiger partial charge in [0.25, 0.3) is 0 Å². The third-order valence-corrected chi connectivity index (χ3v) is 2.02. The van der Waals surface area contributed by atoms with Crippen LogP contribution < -0.4 is 0 Å². The van der Waals surface area contributed by atoms with E-state index in [0.29, 0.717) is 6.32 Å². The second-order valence-electron chi connectivity index (χ2n) is 2.27. The summed E-state index contributed by atoms with van der Waals surface area (Å²) in [5.41, 5.74) is 2.46. The Labute approximate surface area is 71.2 Å². The molecule has 1 aromatic carbocycles. The average molecular weight is 195 g/mol. The molecule has 0 saturated heterocycles. The second-order valence-corrected chi connectivity index (χ2v) is 3.19. The van der Waals surface area contributed by atoms with Crippen molar-refractivity contribution in [3.8, 4) is 0 Å². The predicted octanol–water partition coefficient (Wildman–Crippen LogP) is 2.43. The van der Waals surface area contributed by atoms with E-state index in [0.717, 1.165) is 4.47 Å². The maximum absolute atomic E-state index is 5.49. The molecule has 0 amide bonds. The Morgan fingerprint density at radius 3 is 2.70 bits per heavy atom. The maximum Gasteiger partial charge on any atom is 0.0716 e. The molecule has 0 heterocycles. The van der Waals surface area contributed by atoms with Gasteiger partial charge in [-0.15, -0.1) is 0 Å². The van der Waals surface area contributed by atoms with Crippen LogP contribution in [0.25, 0.3) is 0 Å². The van der Waals surface area contributed by atoms with Gasteiger partial charge < -0.3 is 0 Å². The van der Waals surface area contributed by atoms with Gasteiger partial charge in [0, 0.05) is 4.47 Å². The van der Waals surface area contributed by atoms with Crippen molar-refractivity contribution in [1.29, 1.82) is 0 Å². The maximum atomic E-state index is 5.49. The number of benzene rings is 1. The van der Waals surface area contributed by atoms with Crippen molar-refractivity contribution >= 4 is 23.8 Å². The molecule has 0 aliphatic rings. The smallest absolute Gasteiger partial charge is 0.0641 e. The van der Waals surface area contributed by atoms with Crippen molar-refractivity contribution in [2.24, 2.45) is 0 Å². The van der Waals surface area contributed by atoms with Crippen LogP contribution in [0.3, 0.4) is 0 Å². The highest BCUT2D eigenvalue weighted by Gasteiger charge is 1.93. The van der Waals surface area contributed by atoms with Crippen LogP contribution in [0.15, 0.2) is 22.7 Å². The van der Waals surface area contributed by atoms with Gasteiger partial charge in [-0.25, -0.2) is 0 Å². The highest BCUT2D eigenvalue weighted by atomic mass is 79.9. The SMILES string of the molecule is [B]Cc1ccc(Br)cc1C. The Hall–Kier alpha value is -0.235. The summed E-state index contributed by atoms with van der Waals surface area (Å²) in [5.74, 6) is 0. The molecule has 50 valence electrons. The van der Waals surface area contributed by atoms with Crippen LogP contribution in [0.2, 0.25) is 0 Å². The second kappa shape index (κ2) is 3.24. The standard InChI is InChI=1S/C8H8BBr/c1-6-4-8(10)3-2-7(6)5-9/h2-4H,5H2,1H3. The lowest BCUT2D eigenvalue weighted by molar-refractivity contribution is 1.29. The van der Waals surface area contributed by atoms with Gasteiger partial charge in [0.2, 0.25) is 0 Å². The summed E-state index contributed by atoms with van der Waals surface area (Å²) < 4.78 is 1.11. The van der Waals surface area contributed by atoms with Crippen molar-refractivity contribution in [3.05, 3.63) is 33.8 Å². The number of hydrogen-bond donors (Lipinski definition) is 0. The lowest BCUT2D eigenvalue weighted by Crippen LogP contribution is -1.87. The van der Waals surface area contributed by atoms with Gasteiger partial charge in [-0.3, -0.25) is 0 Å². The average Bonchev–Trinajstić information content (AvgIpc) is 1.88. The van der Waals surface area contributed by atoms with Crippen LogP contribution in [0.4, 0.5) is 0 Å². The molecule has 0 aliphatic heterocycles. The summed E-state index contributed by atoms with van der Waals surface area (Å²) in [7, 11) is 5.49. The molecule has 2 heteroatoms. The minimum Gasteiger partial charge on any atom is -0.0641 e. The van der Waals surface area contributed by atoms with E-state index in [2.05, 4.69) is 28.9 Å². The van der Waals surface area contributed by atoms with E-state index < -0.39 is 0 Å². The third kappa shape index (κ3) is 1.63. The van der Waals surface area contributed by atoms with E-state index in [9.17, 15) is 0 Å². The summed E-state index contributed by atoms with van der Waals surface area (Å²) in [6.07, 6.45) is 0.624. The van der Waals surface area contributed by atoms with Crippen molar-refractivity contribution in [3.63, 3.8) is 0 Å². The Balaban J connectivity index is 3.07. The molecular formula is C8H8BBr.